The Hall–Kier alpha value is -1.46. The minimum Gasteiger partial charge on any atom is -0.494 e. The van der Waals surface area contributed by atoms with Gasteiger partial charge >= 0.3 is 0 Å². The Morgan fingerprint density at radius 1 is 1.24 bits per heavy atom. The van der Waals surface area contributed by atoms with Crippen LogP contribution in [-0.2, 0) is 5.75 Å². The smallest absolute Gasteiger partial charge is 0.166 e. The number of thioether (sulfide) groups is 1. The molecule has 1 N–H and O–H groups in total. The molecule has 0 fully saturated rings. The molecule has 0 saturated carbocycles. The lowest BCUT2D eigenvalue weighted by Gasteiger charge is -2.01. The number of imidazole rings is 1. The first-order valence-corrected chi connectivity index (χ1v) is 8.53. The second kappa shape index (κ2) is 6.54. The lowest BCUT2D eigenvalue weighted by molar-refractivity contribution is 0.340. The van der Waals surface area contributed by atoms with Crippen molar-refractivity contribution in [2.24, 2.45) is 0 Å². The fourth-order valence-electron chi connectivity index (χ4n) is 2.05. The minimum absolute atomic E-state index is 0.670. The van der Waals surface area contributed by atoms with Crippen LogP contribution in [-0.4, -0.2) is 16.6 Å². The van der Waals surface area contributed by atoms with Crippen molar-refractivity contribution in [3.8, 4) is 5.75 Å². The maximum absolute atomic E-state index is 5.51. The molecule has 2 aromatic carbocycles. The molecule has 3 rings (SSSR count). The molecular weight excluding hydrogens is 348 g/mol. The van der Waals surface area contributed by atoms with Gasteiger partial charge in [0.15, 0.2) is 5.16 Å². The second-order valence-electron chi connectivity index (χ2n) is 4.53. The fraction of sp³-hybridized carbons (Fsp3) is 0.188. The number of H-pyrrole nitrogens is 1. The Kier molecular flexibility index (Phi) is 4.51. The van der Waals surface area contributed by atoms with Gasteiger partial charge in [0, 0.05) is 16.3 Å². The van der Waals surface area contributed by atoms with Crippen molar-refractivity contribution in [1.29, 1.82) is 0 Å². The zero-order chi connectivity index (χ0) is 14.7. The van der Waals surface area contributed by atoms with E-state index in [9.17, 15) is 0 Å². The van der Waals surface area contributed by atoms with E-state index in [4.69, 9.17) is 4.74 Å². The van der Waals surface area contributed by atoms with Crippen LogP contribution in [0.4, 0.5) is 0 Å². The van der Waals surface area contributed by atoms with E-state index in [2.05, 4.69) is 38.0 Å². The predicted octanol–water partition coefficient (Wildman–Crippen LogP) is 5.02. The first-order valence-electron chi connectivity index (χ1n) is 6.75. The molecule has 0 aliphatic heterocycles. The molecule has 0 aliphatic carbocycles. The molecule has 0 spiro atoms. The van der Waals surface area contributed by atoms with Crippen LogP contribution in [0, 0.1) is 0 Å². The highest BCUT2D eigenvalue weighted by atomic mass is 79.9. The van der Waals surface area contributed by atoms with Gasteiger partial charge in [0.1, 0.15) is 5.75 Å². The molecule has 1 heterocycles. The number of ether oxygens (including phenoxy) is 1. The number of halogens is 1. The zero-order valence-electron chi connectivity index (χ0n) is 11.6. The van der Waals surface area contributed by atoms with Crippen molar-refractivity contribution < 1.29 is 4.74 Å². The summed E-state index contributed by atoms with van der Waals surface area (Å²) in [6, 6.07) is 14.2. The maximum atomic E-state index is 5.51. The summed E-state index contributed by atoms with van der Waals surface area (Å²) in [6.45, 7) is 2.65. The fourth-order valence-corrected chi connectivity index (χ4v) is 3.55. The van der Waals surface area contributed by atoms with Crippen LogP contribution in [0.3, 0.4) is 0 Å². The normalized spacial score (nSPS) is 11.0. The Morgan fingerprint density at radius 2 is 2.10 bits per heavy atom. The standard InChI is InChI=1S/C16H15BrN2OS/c1-2-20-12-7-8-14-15(9-12)19-16(18-14)21-10-11-5-3-4-6-13(11)17/h3-9H,2,10H2,1H3,(H,18,19). The number of aromatic nitrogens is 2. The Labute approximate surface area is 136 Å². The average molecular weight is 363 g/mol. The van der Waals surface area contributed by atoms with E-state index in [1.54, 1.807) is 11.8 Å². The third-order valence-corrected chi connectivity index (χ3v) is 4.76. The number of nitrogens with one attached hydrogen (secondary N) is 1. The van der Waals surface area contributed by atoms with Gasteiger partial charge in [0.05, 0.1) is 17.6 Å². The zero-order valence-corrected chi connectivity index (χ0v) is 14.0. The first kappa shape index (κ1) is 14.5. The van der Waals surface area contributed by atoms with E-state index in [0.717, 1.165) is 32.2 Å². The summed E-state index contributed by atoms with van der Waals surface area (Å²) >= 11 is 5.27. The summed E-state index contributed by atoms with van der Waals surface area (Å²) in [7, 11) is 0. The number of hydrogen-bond acceptors (Lipinski definition) is 3. The summed E-state index contributed by atoms with van der Waals surface area (Å²) in [5.41, 5.74) is 3.24. The molecule has 0 radical (unpaired) electrons. The molecule has 3 aromatic rings. The van der Waals surface area contributed by atoms with Crippen LogP contribution in [0.25, 0.3) is 11.0 Å². The van der Waals surface area contributed by atoms with Gasteiger partial charge in [-0.1, -0.05) is 45.9 Å². The number of nitrogens with zero attached hydrogens (tertiary/aromatic N) is 1. The summed E-state index contributed by atoms with van der Waals surface area (Å²) in [6.07, 6.45) is 0. The molecular formula is C16H15BrN2OS. The van der Waals surface area contributed by atoms with Crippen LogP contribution in [0.2, 0.25) is 0 Å². The predicted molar refractivity (Wildman–Crippen MR) is 91.0 cm³/mol. The number of fused-ring (bicyclic) bond motifs is 1. The highest BCUT2D eigenvalue weighted by molar-refractivity contribution is 9.10. The van der Waals surface area contributed by atoms with Gasteiger partial charge in [-0.2, -0.15) is 0 Å². The van der Waals surface area contributed by atoms with Crippen molar-refractivity contribution in [1.82, 2.24) is 9.97 Å². The SMILES string of the molecule is CCOc1ccc2nc(SCc3ccccc3Br)[nH]c2c1. The lowest BCUT2D eigenvalue weighted by atomic mass is 10.2. The first-order chi connectivity index (χ1) is 10.3. The van der Waals surface area contributed by atoms with E-state index >= 15 is 0 Å². The Bertz CT molecular complexity index is 757. The lowest BCUT2D eigenvalue weighted by Crippen LogP contribution is -1.90. The molecule has 5 heteroatoms. The Balaban J connectivity index is 1.77. The molecule has 0 bridgehead atoms. The quantitative estimate of drug-likeness (QED) is 0.647. The van der Waals surface area contributed by atoms with Gasteiger partial charge in [0.2, 0.25) is 0 Å². The van der Waals surface area contributed by atoms with Crippen molar-refractivity contribution in [2.45, 2.75) is 17.8 Å². The second-order valence-corrected chi connectivity index (χ2v) is 6.35. The van der Waals surface area contributed by atoms with E-state index in [0.29, 0.717) is 6.61 Å². The largest absolute Gasteiger partial charge is 0.494 e. The monoisotopic (exact) mass is 362 g/mol. The average Bonchev–Trinajstić information content (AvgIpc) is 2.89. The minimum atomic E-state index is 0.670. The maximum Gasteiger partial charge on any atom is 0.166 e. The highest BCUT2D eigenvalue weighted by Gasteiger charge is 2.06. The summed E-state index contributed by atoms with van der Waals surface area (Å²) in [5, 5.41) is 0.925. The van der Waals surface area contributed by atoms with Crippen LogP contribution in [0.1, 0.15) is 12.5 Å². The number of rotatable bonds is 5. The van der Waals surface area contributed by atoms with Crippen molar-refractivity contribution in [2.75, 3.05) is 6.61 Å². The van der Waals surface area contributed by atoms with Crippen molar-refractivity contribution >= 4 is 38.7 Å². The van der Waals surface area contributed by atoms with E-state index in [1.807, 2.05) is 37.3 Å². The third kappa shape index (κ3) is 3.41. The van der Waals surface area contributed by atoms with Gasteiger partial charge in [-0.25, -0.2) is 4.98 Å². The van der Waals surface area contributed by atoms with E-state index in [-0.39, 0.29) is 0 Å². The van der Waals surface area contributed by atoms with Crippen LogP contribution < -0.4 is 4.74 Å². The molecule has 108 valence electrons. The van der Waals surface area contributed by atoms with E-state index in [1.165, 1.54) is 5.56 Å². The van der Waals surface area contributed by atoms with Gasteiger partial charge in [-0.3, -0.25) is 0 Å². The number of hydrogen-bond donors (Lipinski definition) is 1. The summed E-state index contributed by atoms with van der Waals surface area (Å²) in [4.78, 5) is 7.94. The number of aromatic amines is 1. The van der Waals surface area contributed by atoms with Gasteiger partial charge in [0.25, 0.3) is 0 Å². The van der Waals surface area contributed by atoms with Crippen LogP contribution >= 0.6 is 27.7 Å². The molecule has 3 nitrogen and oxygen atoms in total. The molecule has 0 unspecified atom stereocenters. The highest BCUT2D eigenvalue weighted by Crippen LogP contribution is 2.27. The van der Waals surface area contributed by atoms with Crippen molar-refractivity contribution in [3.63, 3.8) is 0 Å². The molecule has 1 aromatic heterocycles. The van der Waals surface area contributed by atoms with Gasteiger partial charge in [-0.05, 0) is 30.7 Å². The topological polar surface area (TPSA) is 37.9 Å². The Morgan fingerprint density at radius 3 is 2.90 bits per heavy atom. The van der Waals surface area contributed by atoms with Crippen LogP contribution in [0.5, 0.6) is 5.75 Å². The molecule has 0 saturated heterocycles. The van der Waals surface area contributed by atoms with E-state index < -0.39 is 0 Å². The summed E-state index contributed by atoms with van der Waals surface area (Å²) < 4.78 is 6.64. The van der Waals surface area contributed by atoms with Crippen LogP contribution in [0.15, 0.2) is 52.1 Å². The molecule has 0 aliphatic rings. The van der Waals surface area contributed by atoms with Crippen molar-refractivity contribution in [3.05, 3.63) is 52.5 Å². The molecule has 0 atom stereocenters. The summed E-state index contributed by atoms with van der Waals surface area (Å²) in [5.74, 6) is 1.75. The number of benzene rings is 2. The third-order valence-electron chi connectivity index (χ3n) is 3.06. The van der Waals surface area contributed by atoms with Gasteiger partial charge in [-0.15, -0.1) is 0 Å². The molecule has 21 heavy (non-hydrogen) atoms. The van der Waals surface area contributed by atoms with Gasteiger partial charge < -0.3 is 9.72 Å². The molecule has 0 amide bonds.